The Balaban J connectivity index is 1.73. The Bertz CT molecular complexity index is 577. The van der Waals surface area contributed by atoms with Gasteiger partial charge in [0.15, 0.2) is 0 Å². The van der Waals surface area contributed by atoms with Crippen LogP contribution in [0.3, 0.4) is 0 Å². The largest absolute Gasteiger partial charge is 0.0821 e. The second-order valence-electron chi connectivity index (χ2n) is 6.30. The van der Waals surface area contributed by atoms with Crippen molar-refractivity contribution in [2.75, 3.05) is 0 Å². The number of hydrogen-bond donors (Lipinski definition) is 0. The Morgan fingerprint density at radius 1 is 1.10 bits per heavy atom. The van der Waals surface area contributed by atoms with Crippen molar-refractivity contribution in [3.8, 4) is 0 Å². The summed E-state index contributed by atoms with van der Waals surface area (Å²) in [5.41, 5.74) is 8.02. The van der Waals surface area contributed by atoms with Crippen molar-refractivity contribution in [2.24, 2.45) is 5.92 Å². The van der Waals surface area contributed by atoms with Crippen LogP contribution in [0.15, 0.2) is 41.0 Å². The van der Waals surface area contributed by atoms with Gasteiger partial charge >= 0.3 is 0 Å². The first-order chi connectivity index (χ1) is 9.66. The van der Waals surface area contributed by atoms with E-state index >= 15 is 0 Å². The molecule has 3 rings (SSSR count). The molecule has 0 nitrogen and oxygen atoms in total. The van der Waals surface area contributed by atoms with E-state index in [-0.39, 0.29) is 0 Å². The molecule has 0 fully saturated rings. The Hall–Kier alpha value is -1.08. The van der Waals surface area contributed by atoms with Crippen molar-refractivity contribution in [3.63, 3.8) is 0 Å². The summed E-state index contributed by atoms with van der Waals surface area (Å²) in [6, 6.07) is 8.08. The summed E-state index contributed by atoms with van der Waals surface area (Å²) in [4.78, 5) is 0. The molecule has 0 bridgehead atoms. The molecule has 2 aliphatic carbocycles. The zero-order valence-corrected chi connectivity index (χ0v) is 13.9. The molecule has 1 unspecified atom stereocenters. The van der Waals surface area contributed by atoms with E-state index in [1.54, 1.807) is 21.9 Å². The van der Waals surface area contributed by atoms with Gasteiger partial charge in [-0.2, -0.15) is 0 Å². The van der Waals surface area contributed by atoms with Gasteiger partial charge in [0.2, 0.25) is 0 Å². The van der Waals surface area contributed by atoms with E-state index in [1.807, 2.05) is 0 Å². The van der Waals surface area contributed by atoms with Gasteiger partial charge in [0, 0.05) is 0 Å². The second kappa shape index (κ2) is 5.73. The van der Waals surface area contributed by atoms with Gasteiger partial charge in [-0.25, -0.2) is 0 Å². The number of allylic oxidation sites excluding steroid dienone is 4. The van der Waals surface area contributed by atoms with Crippen molar-refractivity contribution in [1.82, 2.24) is 0 Å². The van der Waals surface area contributed by atoms with Crippen LogP contribution in [0.2, 0.25) is 6.04 Å². The number of aryl methyl sites for hydroxylation is 1. The fourth-order valence-corrected chi connectivity index (χ4v) is 5.12. The standard InChI is InChI=1S/C19H24Si/c1-13-7-6-10-19(15(13)3)20-12-16-11-14(2)17-8-4-5-9-18(16)17/h6-7,10-11,16H,4-5,8-9,12H2,1-3H3. The van der Waals surface area contributed by atoms with Gasteiger partial charge in [-0.1, -0.05) is 40.6 Å². The highest BCUT2D eigenvalue weighted by molar-refractivity contribution is 6.54. The van der Waals surface area contributed by atoms with Crippen LogP contribution in [-0.4, -0.2) is 9.52 Å². The SMILES string of the molecule is CC1=CC(C[Si]c2cccc(C)c2C)C2=C1CCCC2. The quantitative estimate of drug-likeness (QED) is 0.715. The smallest absolute Gasteiger partial charge is 0.0744 e. The van der Waals surface area contributed by atoms with Crippen molar-refractivity contribution >= 4 is 14.7 Å². The minimum Gasteiger partial charge on any atom is -0.0744 e. The monoisotopic (exact) mass is 280 g/mol. The maximum absolute atomic E-state index is 2.55. The van der Waals surface area contributed by atoms with Gasteiger partial charge < -0.3 is 0 Å². The van der Waals surface area contributed by atoms with E-state index in [4.69, 9.17) is 0 Å². The zero-order valence-electron chi connectivity index (χ0n) is 12.9. The average Bonchev–Trinajstić information content (AvgIpc) is 2.78. The van der Waals surface area contributed by atoms with Crippen LogP contribution in [0.4, 0.5) is 0 Å². The van der Waals surface area contributed by atoms with Crippen molar-refractivity contribution in [2.45, 2.75) is 52.5 Å². The van der Waals surface area contributed by atoms with Gasteiger partial charge in [0.1, 0.15) is 0 Å². The predicted molar refractivity (Wildman–Crippen MR) is 88.9 cm³/mol. The van der Waals surface area contributed by atoms with Crippen LogP contribution >= 0.6 is 0 Å². The third kappa shape index (κ3) is 2.56. The maximum Gasteiger partial charge on any atom is 0.0821 e. The summed E-state index contributed by atoms with van der Waals surface area (Å²) in [7, 11) is 0.949. The van der Waals surface area contributed by atoms with Crippen molar-refractivity contribution < 1.29 is 0 Å². The molecule has 0 aliphatic heterocycles. The highest BCUT2D eigenvalue weighted by atomic mass is 28.2. The lowest BCUT2D eigenvalue weighted by Gasteiger charge is -2.20. The lowest BCUT2D eigenvalue weighted by Crippen LogP contribution is -2.20. The molecule has 1 atom stereocenters. The van der Waals surface area contributed by atoms with Crippen LogP contribution < -0.4 is 5.19 Å². The summed E-state index contributed by atoms with van der Waals surface area (Å²) < 4.78 is 0. The number of benzene rings is 1. The molecule has 1 aromatic rings. The summed E-state index contributed by atoms with van der Waals surface area (Å²) in [6.45, 7) is 6.82. The molecule has 1 heteroatoms. The van der Waals surface area contributed by atoms with E-state index in [2.05, 4.69) is 45.0 Å². The van der Waals surface area contributed by atoms with Gasteiger partial charge in [-0.3, -0.25) is 0 Å². The van der Waals surface area contributed by atoms with Crippen LogP contribution in [0.25, 0.3) is 0 Å². The van der Waals surface area contributed by atoms with E-state index < -0.39 is 0 Å². The molecular weight excluding hydrogens is 256 g/mol. The van der Waals surface area contributed by atoms with Gasteiger partial charge in [0.25, 0.3) is 0 Å². The average molecular weight is 280 g/mol. The van der Waals surface area contributed by atoms with Crippen molar-refractivity contribution in [3.05, 3.63) is 52.1 Å². The fourth-order valence-electron chi connectivity index (χ4n) is 3.64. The molecule has 104 valence electrons. The lowest BCUT2D eigenvalue weighted by molar-refractivity contribution is 0.642. The van der Waals surface area contributed by atoms with Crippen LogP contribution in [0.1, 0.15) is 43.7 Å². The summed E-state index contributed by atoms with van der Waals surface area (Å²) >= 11 is 0. The van der Waals surface area contributed by atoms with E-state index in [0.717, 1.165) is 15.4 Å². The Kier molecular flexibility index (Phi) is 3.98. The fraction of sp³-hybridized carbons (Fsp3) is 0.474. The van der Waals surface area contributed by atoms with Gasteiger partial charge in [-0.15, -0.1) is 0 Å². The first-order valence-electron chi connectivity index (χ1n) is 7.87. The van der Waals surface area contributed by atoms with Gasteiger partial charge in [-0.05, 0) is 75.1 Å². The molecule has 20 heavy (non-hydrogen) atoms. The second-order valence-corrected chi connectivity index (χ2v) is 7.60. The van der Waals surface area contributed by atoms with Crippen molar-refractivity contribution in [1.29, 1.82) is 0 Å². The summed E-state index contributed by atoms with van der Waals surface area (Å²) in [5.74, 6) is 0.739. The first kappa shape index (κ1) is 13.9. The molecule has 0 amide bonds. The lowest BCUT2D eigenvalue weighted by atomic mass is 9.88. The molecule has 0 saturated carbocycles. The third-order valence-corrected chi connectivity index (χ3v) is 6.57. The topological polar surface area (TPSA) is 0 Å². The molecule has 0 aromatic heterocycles. The first-order valence-corrected chi connectivity index (χ1v) is 9.08. The zero-order chi connectivity index (χ0) is 14.1. The normalized spacial score (nSPS) is 21.9. The van der Waals surface area contributed by atoms with E-state index in [1.165, 1.54) is 42.9 Å². The number of hydrogen-bond acceptors (Lipinski definition) is 0. The van der Waals surface area contributed by atoms with E-state index in [0.29, 0.717) is 0 Å². The molecule has 0 heterocycles. The molecule has 2 radical (unpaired) electrons. The molecule has 0 saturated heterocycles. The number of rotatable bonds is 3. The predicted octanol–water partition coefficient (Wildman–Crippen LogP) is 4.50. The van der Waals surface area contributed by atoms with E-state index in [9.17, 15) is 0 Å². The highest BCUT2D eigenvalue weighted by Crippen LogP contribution is 2.41. The third-order valence-electron chi connectivity index (χ3n) is 5.00. The maximum atomic E-state index is 2.55. The summed E-state index contributed by atoms with van der Waals surface area (Å²) in [6.07, 6.45) is 8.04. The highest BCUT2D eigenvalue weighted by Gasteiger charge is 2.26. The Labute approximate surface area is 125 Å². The molecule has 0 N–H and O–H groups in total. The minimum absolute atomic E-state index is 0.739. The Morgan fingerprint density at radius 3 is 2.75 bits per heavy atom. The Morgan fingerprint density at radius 2 is 1.90 bits per heavy atom. The summed E-state index contributed by atoms with van der Waals surface area (Å²) in [5, 5.41) is 1.57. The van der Waals surface area contributed by atoms with Crippen LogP contribution in [0.5, 0.6) is 0 Å². The minimum atomic E-state index is 0.739. The van der Waals surface area contributed by atoms with Gasteiger partial charge in [0.05, 0.1) is 9.52 Å². The molecule has 2 aliphatic rings. The van der Waals surface area contributed by atoms with Crippen LogP contribution in [-0.2, 0) is 0 Å². The molecular formula is C19H24Si. The molecule has 0 spiro atoms. The molecule has 1 aromatic carbocycles. The van der Waals surface area contributed by atoms with Crippen LogP contribution in [0, 0.1) is 19.8 Å².